The van der Waals surface area contributed by atoms with Crippen molar-refractivity contribution in [1.82, 2.24) is 19.6 Å². The summed E-state index contributed by atoms with van der Waals surface area (Å²) >= 11 is 0. The second-order valence-corrected chi connectivity index (χ2v) is 6.60. The first kappa shape index (κ1) is 13.6. The largest absolute Gasteiger partial charge is 0.334 e. The smallest absolute Gasteiger partial charge is 0.318 e. The van der Waals surface area contributed by atoms with Crippen LogP contribution in [0.1, 0.15) is 38.2 Å². The van der Waals surface area contributed by atoms with Crippen LogP contribution in [0.2, 0.25) is 0 Å². The van der Waals surface area contributed by atoms with Crippen molar-refractivity contribution >= 4 is 11.7 Å². The van der Waals surface area contributed by atoms with E-state index in [1.807, 2.05) is 28.9 Å². The van der Waals surface area contributed by atoms with Crippen LogP contribution in [0.15, 0.2) is 30.7 Å². The molecule has 0 bridgehead atoms. The average molecular weight is 298 g/mol. The van der Waals surface area contributed by atoms with Crippen molar-refractivity contribution in [2.24, 2.45) is 5.92 Å². The summed E-state index contributed by atoms with van der Waals surface area (Å²) in [6, 6.07) is 4.98. The molecule has 2 aromatic rings. The van der Waals surface area contributed by atoms with Crippen molar-refractivity contribution in [1.29, 1.82) is 0 Å². The fourth-order valence-electron chi connectivity index (χ4n) is 3.17. The minimum Gasteiger partial charge on any atom is -0.334 e. The number of pyridine rings is 1. The molecule has 22 heavy (non-hydrogen) atoms. The summed E-state index contributed by atoms with van der Waals surface area (Å²) in [5.74, 6) is 0.715. The Hall–Kier alpha value is -2.04. The number of amides is 2. The van der Waals surface area contributed by atoms with Crippen molar-refractivity contribution in [3.8, 4) is 0 Å². The zero-order valence-corrected chi connectivity index (χ0v) is 12.9. The summed E-state index contributed by atoms with van der Waals surface area (Å²) in [5, 5.41) is 3.09. The van der Waals surface area contributed by atoms with E-state index in [-0.39, 0.29) is 6.03 Å². The molecule has 0 aliphatic heterocycles. The van der Waals surface area contributed by atoms with Gasteiger partial charge in [-0.2, -0.15) is 0 Å². The second kappa shape index (κ2) is 5.30. The van der Waals surface area contributed by atoms with E-state index < -0.39 is 0 Å². The lowest BCUT2D eigenvalue weighted by Gasteiger charge is -2.29. The summed E-state index contributed by atoms with van der Waals surface area (Å²) in [6.45, 7) is 2.76. The van der Waals surface area contributed by atoms with Gasteiger partial charge in [-0.15, -0.1) is 0 Å². The molecule has 2 saturated carbocycles. The number of hydrogen-bond acceptors (Lipinski definition) is 2. The molecule has 5 nitrogen and oxygen atoms in total. The SMILES string of the molecule is C[C@@H](C1CC1)N(C(=O)NCc1ccn2ccnc2c1)C1CC1. The number of carbonyl (C=O) groups excluding carboxylic acids is 1. The van der Waals surface area contributed by atoms with E-state index >= 15 is 0 Å². The minimum atomic E-state index is 0.0881. The molecule has 0 aromatic carbocycles. The number of fused-ring (bicyclic) bond motifs is 1. The molecule has 5 heteroatoms. The number of nitrogens with zero attached hydrogens (tertiary/aromatic N) is 3. The zero-order valence-electron chi connectivity index (χ0n) is 12.9. The molecule has 0 unspecified atom stereocenters. The lowest BCUT2D eigenvalue weighted by atomic mass is 10.2. The van der Waals surface area contributed by atoms with Gasteiger partial charge in [0.1, 0.15) is 5.65 Å². The summed E-state index contributed by atoms with van der Waals surface area (Å²) in [7, 11) is 0. The highest BCUT2D eigenvalue weighted by molar-refractivity contribution is 5.75. The molecule has 1 atom stereocenters. The van der Waals surface area contributed by atoms with E-state index in [4.69, 9.17) is 0 Å². The summed E-state index contributed by atoms with van der Waals surface area (Å²) < 4.78 is 1.97. The lowest BCUT2D eigenvalue weighted by molar-refractivity contribution is 0.166. The Morgan fingerprint density at radius 1 is 1.41 bits per heavy atom. The van der Waals surface area contributed by atoms with Crippen LogP contribution in [0, 0.1) is 5.92 Å². The highest BCUT2D eigenvalue weighted by Crippen LogP contribution is 2.39. The van der Waals surface area contributed by atoms with Crippen LogP contribution in [-0.2, 0) is 6.54 Å². The van der Waals surface area contributed by atoms with E-state index in [9.17, 15) is 4.79 Å². The molecule has 0 saturated heterocycles. The van der Waals surface area contributed by atoms with Gasteiger partial charge in [-0.3, -0.25) is 0 Å². The topological polar surface area (TPSA) is 49.6 Å². The normalized spacial score (nSPS) is 19.1. The molecule has 2 heterocycles. The number of aromatic nitrogens is 2. The van der Waals surface area contributed by atoms with E-state index in [2.05, 4.69) is 22.1 Å². The van der Waals surface area contributed by atoms with Crippen molar-refractivity contribution in [2.75, 3.05) is 0 Å². The highest BCUT2D eigenvalue weighted by Gasteiger charge is 2.41. The van der Waals surface area contributed by atoms with Gasteiger partial charge in [-0.05, 0) is 56.2 Å². The Morgan fingerprint density at radius 3 is 2.95 bits per heavy atom. The van der Waals surface area contributed by atoms with Crippen LogP contribution in [0.25, 0.3) is 5.65 Å². The summed E-state index contributed by atoms with van der Waals surface area (Å²) in [6.07, 6.45) is 10.5. The molecule has 2 fully saturated rings. The first-order valence-corrected chi connectivity index (χ1v) is 8.20. The molecule has 2 aromatic heterocycles. The van der Waals surface area contributed by atoms with Crippen LogP contribution in [0.4, 0.5) is 4.79 Å². The molecular weight excluding hydrogens is 276 g/mol. The maximum atomic E-state index is 12.6. The molecular formula is C17H22N4O. The second-order valence-electron chi connectivity index (χ2n) is 6.60. The van der Waals surface area contributed by atoms with Gasteiger partial charge >= 0.3 is 6.03 Å². The maximum absolute atomic E-state index is 12.6. The van der Waals surface area contributed by atoms with Crippen molar-refractivity contribution in [3.63, 3.8) is 0 Å². The monoisotopic (exact) mass is 298 g/mol. The third-order valence-electron chi connectivity index (χ3n) is 4.82. The van der Waals surface area contributed by atoms with Crippen LogP contribution in [-0.4, -0.2) is 32.4 Å². The van der Waals surface area contributed by atoms with Gasteiger partial charge in [-0.25, -0.2) is 9.78 Å². The van der Waals surface area contributed by atoms with E-state index in [1.54, 1.807) is 6.20 Å². The molecule has 0 radical (unpaired) electrons. The standard InChI is InChI=1S/C17H22N4O/c1-12(14-2-3-14)21(15-4-5-15)17(22)19-11-13-6-8-20-9-7-18-16(20)10-13/h6-10,12,14-15H,2-5,11H2,1H3,(H,19,22)/t12-/m0/s1. The predicted molar refractivity (Wildman–Crippen MR) is 84.5 cm³/mol. The first-order valence-electron chi connectivity index (χ1n) is 8.20. The van der Waals surface area contributed by atoms with Crippen molar-refractivity contribution < 1.29 is 4.79 Å². The Balaban J connectivity index is 1.41. The summed E-state index contributed by atoms with van der Waals surface area (Å²) in [4.78, 5) is 18.9. The molecule has 0 spiro atoms. The lowest BCUT2D eigenvalue weighted by Crippen LogP contribution is -2.47. The Morgan fingerprint density at radius 2 is 2.23 bits per heavy atom. The number of urea groups is 1. The van der Waals surface area contributed by atoms with Crippen molar-refractivity contribution in [3.05, 3.63) is 36.3 Å². The van der Waals surface area contributed by atoms with E-state index in [0.29, 0.717) is 24.5 Å². The van der Waals surface area contributed by atoms with E-state index in [1.165, 1.54) is 12.8 Å². The predicted octanol–water partition coefficient (Wildman–Crippen LogP) is 2.81. The van der Waals surface area contributed by atoms with Gasteiger partial charge in [0, 0.05) is 37.2 Å². The van der Waals surface area contributed by atoms with E-state index in [0.717, 1.165) is 24.1 Å². The maximum Gasteiger partial charge on any atom is 0.318 e. The third-order valence-corrected chi connectivity index (χ3v) is 4.82. The van der Waals surface area contributed by atoms with Crippen LogP contribution >= 0.6 is 0 Å². The Bertz CT molecular complexity index is 687. The van der Waals surface area contributed by atoms with Gasteiger partial charge in [0.05, 0.1) is 0 Å². The van der Waals surface area contributed by atoms with Crippen LogP contribution < -0.4 is 5.32 Å². The van der Waals surface area contributed by atoms with Gasteiger partial charge in [-0.1, -0.05) is 0 Å². The average Bonchev–Trinajstić information content (AvgIpc) is 3.43. The number of rotatable bonds is 5. The van der Waals surface area contributed by atoms with Crippen LogP contribution in [0.3, 0.4) is 0 Å². The fourth-order valence-corrected chi connectivity index (χ4v) is 3.17. The number of carbonyl (C=O) groups is 1. The Labute approximate surface area is 130 Å². The molecule has 2 aliphatic rings. The Kier molecular flexibility index (Phi) is 3.28. The molecule has 116 valence electrons. The number of hydrogen-bond donors (Lipinski definition) is 1. The molecule has 2 amide bonds. The number of imidazole rings is 1. The highest BCUT2D eigenvalue weighted by atomic mass is 16.2. The summed E-state index contributed by atoms with van der Waals surface area (Å²) in [5.41, 5.74) is 2.00. The fraction of sp³-hybridized carbons (Fsp3) is 0.529. The van der Waals surface area contributed by atoms with Gasteiger partial charge in [0.2, 0.25) is 0 Å². The molecule has 4 rings (SSSR count). The van der Waals surface area contributed by atoms with Gasteiger partial charge in [0.15, 0.2) is 0 Å². The quantitative estimate of drug-likeness (QED) is 0.922. The third kappa shape index (κ3) is 2.67. The molecule has 2 aliphatic carbocycles. The first-order chi connectivity index (χ1) is 10.7. The van der Waals surface area contributed by atoms with Crippen molar-refractivity contribution in [2.45, 2.75) is 51.2 Å². The minimum absolute atomic E-state index is 0.0881. The number of nitrogens with one attached hydrogen (secondary N) is 1. The van der Waals surface area contributed by atoms with Crippen LogP contribution in [0.5, 0.6) is 0 Å². The molecule has 1 N–H and O–H groups in total. The zero-order chi connectivity index (χ0) is 15.1. The van der Waals surface area contributed by atoms with Gasteiger partial charge < -0.3 is 14.6 Å². The van der Waals surface area contributed by atoms with Gasteiger partial charge in [0.25, 0.3) is 0 Å².